The molecule has 0 radical (unpaired) electrons. The van der Waals surface area contributed by atoms with Crippen molar-refractivity contribution in [3.05, 3.63) is 72.1 Å². The Bertz CT molecular complexity index is 804. The fraction of sp³-hybridized carbons (Fsp3) is 0.200. The molecule has 0 spiro atoms. The van der Waals surface area contributed by atoms with Crippen molar-refractivity contribution in [3.8, 4) is 22.9 Å². The lowest BCUT2D eigenvalue weighted by atomic mass is 10.0. The first-order valence-electron chi connectivity index (χ1n) is 7.93. The van der Waals surface area contributed by atoms with Crippen LogP contribution in [-0.4, -0.2) is 23.2 Å². The van der Waals surface area contributed by atoms with Crippen molar-refractivity contribution in [3.63, 3.8) is 0 Å². The summed E-state index contributed by atoms with van der Waals surface area (Å²) in [5.74, 6) is 1.35. The summed E-state index contributed by atoms with van der Waals surface area (Å²) in [5, 5.41) is 0. The van der Waals surface area contributed by atoms with E-state index in [4.69, 9.17) is 9.47 Å². The molecule has 0 saturated carbocycles. The minimum absolute atomic E-state index is 0.408. The van der Waals surface area contributed by atoms with E-state index in [1.165, 1.54) is 11.1 Å². The minimum Gasteiger partial charge on any atom is -0.490 e. The lowest BCUT2D eigenvalue weighted by Gasteiger charge is -2.11. The summed E-state index contributed by atoms with van der Waals surface area (Å²) >= 11 is 0. The number of aryl methyl sites for hydroxylation is 2. The summed E-state index contributed by atoms with van der Waals surface area (Å²) in [5.41, 5.74) is 4.23. The van der Waals surface area contributed by atoms with Crippen LogP contribution in [0.3, 0.4) is 0 Å². The summed E-state index contributed by atoms with van der Waals surface area (Å²) < 4.78 is 11.4. The highest BCUT2D eigenvalue weighted by Gasteiger charge is 2.10. The first kappa shape index (κ1) is 16.0. The first-order valence-corrected chi connectivity index (χ1v) is 7.93. The predicted octanol–water partition coefficient (Wildman–Crippen LogP) is 4.22. The van der Waals surface area contributed by atoms with E-state index in [0.29, 0.717) is 19.1 Å². The Labute approximate surface area is 142 Å². The molecule has 0 fully saturated rings. The maximum absolute atomic E-state index is 5.78. The Kier molecular flexibility index (Phi) is 5.06. The molecule has 0 bridgehead atoms. The van der Waals surface area contributed by atoms with Gasteiger partial charge in [0.2, 0.25) is 5.88 Å². The summed E-state index contributed by atoms with van der Waals surface area (Å²) in [4.78, 5) is 8.74. The van der Waals surface area contributed by atoms with E-state index in [1.807, 2.05) is 36.4 Å². The van der Waals surface area contributed by atoms with E-state index < -0.39 is 0 Å². The van der Waals surface area contributed by atoms with Crippen LogP contribution < -0.4 is 9.47 Å². The lowest BCUT2D eigenvalue weighted by molar-refractivity contribution is 0.212. The van der Waals surface area contributed by atoms with Gasteiger partial charge < -0.3 is 9.47 Å². The van der Waals surface area contributed by atoms with Gasteiger partial charge in [0.05, 0.1) is 0 Å². The Balaban J connectivity index is 1.67. The first-order chi connectivity index (χ1) is 11.7. The van der Waals surface area contributed by atoms with E-state index in [2.05, 4.69) is 35.9 Å². The van der Waals surface area contributed by atoms with Gasteiger partial charge in [0.25, 0.3) is 0 Å². The molecular formula is C20H20N2O2. The van der Waals surface area contributed by atoms with Crippen molar-refractivity contribution in [2.24, 2.45) is 0 Å². The van der Waals surface area contributed by atoms with Gasteiger partial charge in [0, 0.05) is 18.0 Å². The molecule has 2 aromatic carbocycles. The van der Waals surface area contributed by atoms with Gasteiger partial charge in [-0.2, -0.15) is 0 Å². The molecule has 3 aromatic rings. The van der Waals surface area contributed by atoms with E-state index in [0.717, 1.165) is 17.0 Å². The molecule has 0 atom stereocenters. The average Bonchev–Trinajstić information content (AvgIpc) is 2.62. The number of aromatic nitrogens is 2. The van der Waals surface area contributed by atoms with Crippen LogP contribution >= 0.6 is 0 Å². The molecule has 122 valence electrons. The quantitative estimate of drug-likeness (QED) is 0.638. The molecule has 4 nitrogen and oxygen atoms in total. The van der Waals surface area contributed by atoms with E-state index in [9.17, 15) is 0 Å². The fourth-order valence-corrected chi connectivity index (χ4v) is 2.33. The number of ether oxygens (including phenoxy) is 2. The van der Waals surface area contributed by atoms with Crippen LogP contribution in [0.5, 0.6) is 11.6 Å². The van der Waals surface area contributed by atoms with E-state index in [1.54, 1.807) is 12.4 Å². The summed E-state index contributed by atoms with van der Waals surface area (Å²) in [7, 11) is 0. The molecule has 0 aliphatic rings. The molecule has 0 amide bonds. The summed E-state index contributed by atoms with van der Waals surface area (Å²) in [6, 6.07) is 15.9. The van der Waals surface area contributed by atoms with Gasteiger partial charge in [0.15, 0.2) is 0 Å². The van der Waals surface area contributed by atoms with Gasteiger partial charge in [-0.25, -0.2) is 9.97 Å². The highest BCUT2D eigenvalue weighted by atomic mass is 16.5. The topological polar surface area (TPSA) is 44.2 Å². The van der Waals surface area contributed by atoms with Crippen molar-refractivity contribution >= 4 is 0 Å². The molecule has 0 aliphatic carbocycles. The normalized spacial score (nSPS) is 10.4. The fourth-order valence-electron chi connectivity index (χ4n) is 2.33. The summed E-state index contributed by atoms with van der Waals surface area (Å²) in [6.45, 7) is 5.04. The number of para-hydroxylation sites is 1. The smallest absolute Gasteiger partial charge is 0.240 e. The molecular weight excluding hydrogens is 300 g/mol. The third kappa shape index (κ3) is 3.90. The molecule has 0 unspecified atom stereocenters. The Morgan fingerprint density at radius 3 is 2.33 bits per heavy atom. The highest BCUT2D eigenvalue weighted by molar-refractivity contribution is 5.65. The van der Waals surface area contributed by atoms with Crippen molar-refractivity contribution in [1.82, 2.24) is 9.97 Å². The van der Waals surface area contributed by atoms with Gasteiger partial charge in [0.1, 0.15) is 24.7 Å². The maximum atomic E-state index is 5.78. The molecule has 1 heterocycles. The molecule has 0 N–H and O–H groups in total. The van der Waals surface area contributed by atoms with E-state index in [-0.39, 0.29) is 0 Å². The van der Waals surface area contributed by atoms with Crippen LogP contribution in [0.25, 0.3) is 11.3 Å². The van der Waals surface area contributed by atoms with Gasteiger partial charge in [-0.1, -0.05) is 30.3 Å². The second kappa shape index (κ2) is 7.59. The number of rotatable bonds is 6. The van der Waals surface area contributed by atoms with Crippen molar-refractivity contribution < 1.29 is 9.47 Å². The maximum Gasteiger partial charge on any atom is 0.240 e. The van der Waals surface area contributed by atoms with Gasteiger partial charge in [-0.3, -0.25) is 0 Å². The monoisotopic (exact) mass is 320 g/mol. The molecule has 3 rings (SSSR count). The number of nitrogens with zero attached hydrogens (tertiary/aromatic N) is 2. The van der Waals surface area contributed by atoms with Gasteiger partial charge in [-0.05, 0) is 43.2 Å². The number of benzene rings is 2. The van der Waals surface area contributed by atoms with Gasteiger partial charge >= 0.3 is 0 Å². The average molecular weight is 320 g/mol. The molecule has 4 heteroatoms. The second-order valence-corrected chi connectivity index (χ2v) is 5.52. The number of hydrogen-bond acceptors (Lipinski definition) is 4. The highest BCUT2D eigenvalue weighted by Crippen LogP contribution is 2.27. The zero-order valence-corrected chi connectivity index (χ0v) is 13.9. The zero-order chi connectivity index (χ0) is 16.8. The number of hydrogen-bond donors (Lipinski definition) is 0. The van der Waals surface area contributed by atoms with Crippen molar-refractivity contribution in [2.75, 3.05) is 13.2 Å². The Morgan fingerprint density at radius 2 is 1.54 bits per heavy atom. The van der Waals surface area contributed by atoms with Crippen LogP contribution in [0.15, 0.2) is 60.9 Å². The van der Waals surface area contributed by atoms with Crippen LogP contribution in [0.1, 0.15) is 11.1 Å². The van der Waals surface area contributed by atoms with E-state index >= 15 is 0 Å². The SMILES string of the molecule is Cc1ccc(-c2nccnc2OCCOc2ccccc2)cc1C. The molecule has 0 saturated heterocycles. The van der Waals surface area contributed by atoms with Crippen molar-refractivity contribution in [1.29, 1.82) is 0 Å². The van der Waals surface area contributed by atoms with Crippen molar-refractivity contribution in [2.45, 2.75) is 13.8 Å². The van der Waals surface area contributed by atoms with Crippen LogP contribution in [0.2, 0.25) is 0 Å². The summed E-state index contributed by atoms with van der Waals surface area (Å²) in [6.07, 6.45) is 3.32. The minimum atomic E-state index is 0.408. The van der Waals surface area contributed by atoms with Crippen LogP contribution in [-0.2, 0) is 0 Å². The van der Waals surface area contributed by atoms with Gasteiger partial charge in [-0.15, -0.1) is 0 Å². The predicted molar refractivity (Wildman–Crippen MR) is 94.4 cm³/mol. The molecule has 1 aromatic heterocycles. The lowest BCUT2D eigenvalue weighted by Crippen LogP contribution is -2.10. The Hall–Kier alpha value is -2.88. The second-order valence-electron chi connectivity index (χ2n) is 5.52. The standard InChI is InChI=1S/C20H20N2O2/c1-15-8-9-17(14-16(15)2)19-20(22-11-10-21-19)24-13-12-23-18-6-4-3-5-7-18/h3-11,14H,12-13H2,1-2H3. The Morgan fingerprint density at radius 1 is 0.792 bits per heavy atom. The van der Waals surface area contributed by atoms with Crippen LogP contribution in [0.4, 0.5) is 0 Å². The third-order valence-corrected chi connectivity index (χ3v) is 3.78. The zero-order valence-electron chi connectivity index (χ0n) is 13.9. The molecule has 24 heavy (non-hydrogen) atoms. The third-order valence-electron chi connectivity index (χ3n) is 3.78. The molecule has 0 aliphatic heterocycles. The largest absolute Gasteiger partial charge is 0.490 e. The van der Waals surface area contributed by atoms with Crippen LogP contribution in [0, 0.1) is 13.8 Å².